The Morgan fingerprint density at radius 1 is 1.36 bits per heavy atom. The van der Waals surface area contributed by atoms with Gasteiger partial charge in [-0.05, 0) is 11.6 Å². The number of aromatic hydroxyl groups is 1. The Balaban J connectivity index is 2.35. The molecule has 14 heavy (non-hydrogen) atoms. The second-order valence-electron chi connectivity index (χ2n) is 3.53. The number of phenolic OH excluding ortho intramolecular Hbond substituents is 1. The van der Waals surface area contributed by atoms with Gasteiger partial charge in [0.1, 0.15) is 11.4 Å². The highest BCUT2D eigenvalue weighted by Gasteiger charge is 2.39. The van der Waals surface area contributed by atoms with Crippen LogP contribution in [0.25, 0.3) is 0 Å². The molecule has 0 radical (unpaired) electrons. The number of phenols is 1. The molecule has 0 aromatic heterocycles. The molecule has 4 nitrogen and oxygen atoms in total. The number of ether oxygens (including phenoxy) is 1. The lowest BCUT2D eigenvalue weighted by Crippen LogP contribution is -2.46. The highest BCUT2D eigenvalue weighted by molar-refractivity contribution is 5.41. The maximum absolute atomic E-state index is 9.88. The smallest absolute Gasteiger partial charge is 0.140 e. The van der Waals surface area contributed by atoms with Crippen molar-refractivity contribution in [2.75, 3.05) is 13.2 Å². The Labute approximate surface area is 81.4 Å². The lowest BCUT2D eigenvalue weighted by molar-refractivity contribution is -0.185. The number of hydrogen-bond acceptors (Lipinski definition) is 4. The Morgan fingerprint density at radius 2 is 2.07 bits per heavy atom. The van der Waals surface area contributed by atoms with Crippen molar-refractivity contribution in [3.05, 3.63) is 29.3 Å². The average molecular weight is 196 g/mol. The van der Waals surface area contributed by atoms with E-state index in [0.717, 1.165) is 0 Å². The number of benzene rings is 1. The summed E-state index contributed by atoms with van der Waals surface area (Å²) in [5.74, 6) is 0.00218. The Kier molecular flexibility index (Phi) is 2.19. The van der Waals surface area contributed by atoms with Crippen molar-refractivity contribution >= 4 is 0 Å². The molecule has 0 amide bonds. The Bertz CT molecular complexity index is 344. The van der Waals surface area contributed by atoms with Gasteiger partial charge in [0, 0.05) is 5.56 Å². The normalized spacial score (nSPS) is 19.0. The van der Waals surface area contributed by atoms with Crippen molar-refractivity contribution in [1.82, 2.24) is 0 Å². The van der Waals surface area contributed by atoms with Crippen LogP contribution < -0.4 is 0 Å². The number of hydrogen-bond donors (Lipinski definition) is 3. The molecule has 2 rings (SSSR count). The van der Waals surface area contributed by atoms with E-state index in [1.165, 1.54) is 6.07 Å². The molecule has 1 saturated heterocycles. The van der Waals surface area contributed by atoms with Gasteiger partial charge in [-0.2, -0.15) is 0 Å². The third-order valence-electron chi connectivity index (χ3n) is 2.43. The van der Waals surface area contributed by atoms with Crippen LogP contribution in [-0.2, 0) is 16.9 Å². The zero-order chi connectivity index (χ0) is 10.2. The molecule has 0 bridgehead atoms. The summed E-state index contributed by atoms with van der Waals surface area (Å²) in [5, 5.41) is 28.3. The van der Waals surface area contributed by atoms with Crippen molar-refractivity contribution in [2.45, 2.75) is 12.2 Å². The molecule has 1 aliphatic heterocycles. The van der Waals surface area contributed by atoms with Gasteiger partial charge < -0.3 is 20.1 Å². The van der Waals surface area contributed by atoms with Crippen LogP contribution in [0.5, 0.6) is 5.75 Å². The SMILES string of the molecule is OCc1ccc(C2(O)COC2)c(O)c1. The van der Waals surface area contributed by atoms with Gasteiger partial charge in [-0.3, -0.25) is 0 Å². The van der Waals surface area contributed by atoms with E-state index in [9.17, 15) is 10.2 Å². The van der Waals surface area contributed by atoms with Crippen LogP contribution in [0.4, 0.5) is 0 Å². The molecule has 1 aromatic carbocycles. The molecule has 76 valence electrons. The van der Waals surface area contributed by atoms with Crippen LogP contribution in [0, 0.1) is 0 Å². The number of aliphatic hydroxyl groups is 2. The quantitative estimate of drug-likeness (QED) is 0.627. The minimum Gasteiger partial charge on any atom is -0.508 e. The summed E-state index contributed by atoms with van der Waals surface area (Å²) < 4.78 is 4.89. The third-order valence-corrected chi connectivity index (χ3v) is 2.43. The van der Waals surface area contributed by atoms with Crippen LogP contribution in [0.2, 0.25) is 0 Å². The Morgan fingerprint density at radius 3 is 2.50 bits per heavy atom. The second-order valence-corrected chi connectivity index (χ2v) is 3.53. The predicted octanol–water partition coefficient (Wildman–Crippen LogP) is 0.102. The van der Waals surface area contributed by atoms with E-state index in [1.807, 2.05) is 0 Å². The van der Waals surface area contributed by atoms with E-state index >= 15 is 0 Å². The van der Waals surface area contributed by atoms with E-state index in [4.69, 9.17) is 9.84 Å². The first kappa shape index (κ1) is 9.45. The average Bonchev–Trinajstić information content (AvgIpc) is 2.14. The molecule has 1 aromatic rings. The van der Waals surface area contributed by atoms with Gasteiger partial charge in [0.05, 0.1) is 19.8 Å². The molecule has 1 heterocycles. The Hall–Kier alpha value is -1.10. The molecular formula is C10H12O4. The summed E-state index contributed by atoms with van der Waals surface area (Å²) in [4.78, 5) is 0. The second kappa shape index (κ2) is 3.24. The first-order chi connectivity index (χ1) is 6.65. The number of rotatable bonds is 2. The van der Waals surface area contributed by atoms with Gasteiger partial charge in [-0.1, -0.05) is 12.1 Å². The molecule has 3 N–H and O–H groups in total. The van der Waals surface area contributed by atoms with Gasteiger partial charge in [-0.15, -0.1) is 0 Å². The molecule has 0 spiro atoms. The molecule has 4 heteroatoms. The van der Waals surface area contributed by atoms with Crippen LogP contribution in [0.1, 0.15) is 11.1 Å². The van der Waals surface area contributed by atoms with Gasteiger partial charge in [0.15, 0.2) is 0 Å². The van der Waals surface area contributed by atoms with E-state index in [1.54, 1.807) is 12.1 Å². The fourth-order valence-corrected chi connectivity index (χ4v) is 1.52. The predicted molar refractivity (Wildman–Crippen MR) is 48.7 cm³/mol. The van der Waals surface area contributed by atoms with Gasteiger partial charge in [0.25, 0.3) is 0 Å². The summed E-state index contributed by atoms with van der Waals surface area (Å²) in [5.41, 5.74) is 0.0222. The van der Waals surface area contributed by atoms with Crippen molar-refractivity contribution in [2.24, 2.45) is 0 Å². The molecular weight excluding hydrogens is 184 g/mol. The lowest BCUT2D eigenvalue weighted by Gasteiger charge is -2.37. The van der Waals surface area contributed by atoms with E-state index in [2.05, 4.69) is 0 Å². The minimum absolute atomic E-state index is 0.00218. The van der Waals surface area contributed by atoms with E-state index in [-0.39, 0.29) is 25.6 Å². The molecule has 0 unspecified atom stereocenters. The maximum Gasteiger partial charge on any atom is 0.140 e. The molecule has 1 fully saturated rings. The van der Waals surface area contributed by atoms with Crippen LogP contribution >= 0.6 is 0 Å². The summed E-state index contributed by atoms with van der Waals surface area (Å²) in [6.45, 7) is 0.292. The highest BCUT2D eigenvalue weighted by atomic mass is 16.5. The van der Waals surface area contributed by atoms with Crippen molar-refractivity contribution in [3.8, 4) is 5.75 Å². The minimum atomic E-state index is -1.06. The number of aliphatic hydroxyl groups excluding tert-OH is 1. The monoisotopic (exact) mass is 196 g/mol. The van der Waals surface area contributed by atoms with E-state index < -0.39 is 5.60 Å². The van der Waals surface area contributed by atoms with Crippen LogP contribution in [0.3, 0.4) is 0 Å². The third kappa shape index (κ3) is 1.37. The van der Waals surface area contributed by atoms with Crippen molar-refractivity contribution in [1.29, 1.82) is 0 Å². The molecule has 1 aliphatic rings. The summed E-state index contributed by atoms with van der Waals surface area (Å²) in [6.07, 6.45) is 0. The van der Waals surface area contributed by atoms with Gasteiger partial charge in [-0.25, -0.2) is 0 Å². The molecule has 0 saturated carbocycles. The van der Waals surface area contributed by atoms with Crippen molar-refractivity contribution < 1.29 is 20.1 Å². The zero-order valence-electron chi connectivity index (χ0n) is 7.60. The summed E-state index contributed by atoms with van der Waals surface area (Å²) in [6, 6.07) is 4.74. The highest BCUT2D eigenvalue weighted by Crippen LogP contribution is 2.35. The topological polar surface area (TPSA) is 69.9 Å². The van der Waals surface area contributed by atoms with Crippen molar-refractivity contribution in [3.63, 3.8) is 0 Å². The van der Waals surface area contributed by atoms with Gasteiger partial charge in [0.2, 0.25) is 0 Å². The lowest BCUT2D eigenvalue weighted by atomic mass is 9.90. The van der Waals surface area contributed by atoms with Crippen LogP contribution in [-0.4, -0.2) is 28.5 Å². The summed E-state index contributed by atoms with van der Waals surface area (Å²) >= 11 is 0. The summed E-state index contributed by atoms with van der Waals surface area (Å²) in [7, 11) is 0. The standard InChI is InChI=1S/C10H12O4/c11-4-7-1-2-8(9(12)3-7)10(13)5-14-6-10/h1-3,11-13H,4-6H2. The van der Waals surface area contributed by atoms with Gasteiger partial charge >= 0.3 is 0 Å². The zero-order valence-corrected chi connectivity index (χ0v) is 7.60. The van der Waals surface area contributed by atoms with E-state index in [0.29, 0.717) is 11.1 Å². The fraction of sp³-hybridized carbons (Fsp3) is 0.400. The molecule has 0 aliphatic carbocycles. The largest absolute Gasteiger partial charge is 0.508 e. The molecule has 0 atom stereocenters. The van der Waals surface area contributed by atoms with Crippen LogP contribution in [0.15, 0.2) is 18.2 Å². The fourth-order valence-electron chi connectivity index (χ4n) is 1.52. The maximum atomic E-state index is 9.88. The first-order valence-corrected chi connectivity index (χ1v) is 4.39. The first-order valence-electron chi connectivity index (χ1n) is 4.39.